The standard InChI is InChI=1S/C43H64N6O6Si/c1-12-13-22-47(39(50)54-41(2,3)4)28-37-44-27-35(45-37)32-16-18-33(19-17-32)53-29-31-15-20-34-36(26-31)48(30-52-24-25-56(9,10)11)38(46-34)43(8)21-14-23-49(43)40(51)55-42(5,6)7/h15-20,26-27H,12-14,21-25,28-30H2,1-11H3,(H,44,45)/t43-/m1/s1. The van der Waals surface area contributed by atoms with Crippen molar-refractivity contribution in [3.8, 4) is 17.0 Å². The smallest absolute Gasteiger partial charge is 0.411 e. The molecule has 3 heterocycles. The van der Waals surface area contributed by atoms with Crippen LogP contribution in [0.4, 0.5) is 9.59 Å². The average molecular weight is 789 g/mol. The molecule has 0 bridgehead atoms. The van der Waals surface area contributed by atoms with Crippen LogP contribution >= 0.6 is 0 Å². The van der Waals surface area contributed by atoms with Crippen LogP contribution in [0.15, 0.2) is 48.7 Å². The molecule has 0 saturated carbocycles. The minimum atomic E-state index is -1.29. The monoisotopic (exact) mass is 788 g/mol. The summed E-state index contributed by atoms with van der Waals surface area (Å²) in [4.78, 5) is 43.0. The molecule has 1 aliphatic rings. The number of ether oxygens (including phenoxy) is 4. The SMILES string of the molecule is CCCCN(Cc1ncc(-c2ccc(OCc3ccc4nc([C@@]5(C)CCCN5C(=O)OC(C)(C)C)n(COCC[Si](C)(C)C)c4c3)cc2)[nH]1)C(=O)OC(C)(C)C. The number of carbonyl (C=O) groups is 2. The number of aromatic amines is 1. The zero-order valence-corrected chi connectivity index (χ0v) is 36.6. The number of hydrogen-bond acceptors (Lipinski definition) is 8. The molecule has 1 saturated heterocycles. The van der Waals surface area contributed by atoms with Gasteiger partial charge in [-0.15, -0.1) is 0 Å². The molecule has 56 heavy (non-hydrogen) atoms. The quantitative estimate of drug-likeness (QED) is 0.0933. The number of aromatic nitrogens is 4. The minimum absolute atomic E-state index is 0.323. The maximum Gasteiger partial charge on any atom is 0.411 e. The number of likely N-dealkylation sites (tertiary alicyclic amines) is 1. The Hall–Kier alpha value is -4.36. The van der Waals surface area contributed by atoms with Gasteiger partial charge in [-0.25, -0.2) is 19.6 Å². The van der Waals surface area contributed by atoms with Gasteiger partial charge in [0.15, 0.2) is 0 Å². The number of imidazole rings is 2. The van der Waals surface area contributed by atoms with Crippen molar-refractivity contribution in [2.24, 2.45) is 0 Å². The molecule has 0 unspecified atom stereocenters. The lowest BCUT2D eigenvalue weighted by Crippen LogP contribution is -2.46. The molecular formula is C43H64N6O6Si. The zero-order chi connectivity index (χ0) is 40.9. The van der Waals surface area contributed by atoms with Crippen LogP contribution in [0.3, 0.4) is 0 Å². The van der Waals surface area contributed by atoms with Gasteiger partial charge in [0.1, 0.15) is 47.5 Å². The Kier molecular flexibility index (Phi) is 13.3. The number of fused-ring (bicyclic) bond motifs is 1. The fourth-order valence-corrected chi connectivity index (χ4v) is 7.47. The molecule has 5 rings (SSSR count). The van der Waals surface area contributed by atoms with Gasteiger partial charge in [0.25, 0.3) is 0 Å². The first-order valence-electron chi connectivity index (χ1n) is 20.1. The van der Waals surface area contributed by atoms with Crippen LogP contribution in [0.25, 0.3) is 22.3 Å². The summed E-state index contributed by atoms with van der Waals surface area (Å²) in [7, 11) is -1.29. The number of rotatable bonds is 15. The van der Waals surface area contributed by atoms with Gasteiger partial charge in [-0.1, -0.05) is 39.1 Å². The van der Waals surface area contributed by atoms with Crippen molar-refractivity contribution in [2.75, 3.05) is 19.7 Å². The number of nitrogens with one attached hydrogen (secondary N) is 1. The lowest BCUT2D eigenvalue weighted by Gasteiger charge is -2.36. The van der Waals surface area contributed by atoms with E-state index < -0.39 is 24.8 Å². The highest BCUT2D eigenvalue weighted by atomic mass is 28.3. The molecule has 1 aliphatic heterocycles. The summed E-state index contributed by atoms with van der Waals surface area (Å²) in [6.07, 6.45) is 4.62. The minimum Gasteiger partial charge on any atom is -0.489 e. The number of unbranched alkanes of at least 4 members (excludes halogenated alkanes) is 1. The molecular weight excluding hydrogens is 725 g/mol. The summed E-state index contributed by atoms with van der Waals surface area (Å²) in [5.41, 5.74) is 2.78. The van der Waals surface area contributed by atoms with E-state index in [1.165, 1.54) is 0 Å². The number of H-pyrrole nitrogens is 1. The Balaban J connectivity index is 1.31. The van der Waals surface area contributed by atoms with Crippen LogP contribution in [0.5, 0.6) is 5.75 Å². The molecule has 12 nitrogen and oxygen atoms in total. The van der Waals surface area contributed by atoms with Crippen LogP contribution in [0.1, 0.15) is 98.3 Å². The highest BCUT2D eigenvalue weighted by Crippen LogP contribution is 2.40. The van der Waals surface area contributed by atoms with Crippen LogP contribution < -0.4 is 4.74 Å². The van der Waals surface area contributed by atoms with Gasteiger partial charge < -0.3 is 33.4 Å². The number of carbonyl (C=O) groups excluding carboxylic acids is 2. The summed E-state index contributed by atoms with van der Waals surface area (Å²) in [6, 6.07) is 15.1. The number of nitrogens with zero attached hydrogens (tertiary/aromatic N) is 5. The second-order valence-corrected chi connectivity index (χ2v) is 24.0. The van der Waals surface area contributed by atoms with Crippen molar-refractivity contribution < 1.29 is 28.5 Å². The van der Waals surface area contributed by atoms with Gasteiger partial charge in [-0.05, 0) is 121 Å². The lowest BCUT2D eigenvalue weighted by molar-refractivity contribution is 0.00607. The first-order chi connectivity index (χ1) is 26.2. The van der Waals surface area contributed by atoms with Gasteiger partial charge >= 0.3 is 12.2 Å². The van der Waals surface area contributed by atoms with E-state index >= 15 is 0 Å². The maximum atomic E-state index is 13.5. The second kappa shape index (κ2) is 17.4. The molecule has 4 aromatic rings. The van der Waals surface area contributed by atoms with Crippen LogP contribution in [-0.4, -0.2) is 80.5 Å². The van der Waals surface area contributed by atoms with Gasteiger partial charge in [-0.2, -0.15) is 0 Å². The Morgan fingerprint density at radius 2 is 1.71 bits per heavy atom. The van der Waals surface area contributed by atoms with Crippen molar-refractivity contribution in [2.45, 2.75) is 143 Å². The van der Waals surface area contributed by atoms with Gasteiger partial charge in [0.05, 0.1) is 29.5 Å². The zero-order valence-electron chi connectivity index (χ0n) is 35.6. The molecule has 2 aromatic heterocycles. The normalized spacial score (nSPS) is 16.4. The molecule has 2 amide bonds. The topological polar surface area (TPSA) is 124 Å². The third kappa shape index (κ3) is 11.4. The van der Waals surface area contributed by atoms with Crippen LogP contribution in [0.2, 0.25) is 25.7 Å². The van der Waals surface area contributed by atoms with Gasteiger partial charge in [0, 0.05) is 27.8 Å². The fraction of sp³-hybridized carbons (Fsp3) is 0.581. The molecule has 0 aliphatic carbocycles. The van der Waals surface area contributed by atoms with E-state index in [1.54, 1.807) is 11.1 Å². The Morgan fingerprint density at radius 3 is 2.38 bits per heavy atom. The van der Waals surface area contributed by atoms with E-state index in [9.17, 15) is 9.59 Å². The molecule has 1 atom stereocenters. The summed E-state index contributed by atoms with van der Waals surface area (Å²) >= 11 is 0. The Morgan fingerprint density at radius 1 is 1.00 bits per heavy atom. The third-order valence-corrected chi connectivity index (χ3v) is 11.4. The van der Waals surface area contributed by atoms with Gasteiger partial charge in [0.2, 0.25) is 0 Å². The van der Waals surface area contributed by atoms with E-state index in [2.05, 4.69) is 54.1 Å². The van der Waals surface area contributed by atoms with E-state index in [0.717, 1.165) is 71.2 Å². The first kappa shape index (κ1) is 42.8. The summed E-state index contributed by atoms with van der Waals surface area (Å²) in [5.74, 6) is 2.23. The predicted octanol–water partition coefficient (Wildman–Crippen LogP) is 10.1. The molecule has 306 valence electrons. The van der Waals surface area contributed by atoms with Crippen molar-refractivity contribution in [1.82, 2.24) is 29.3 Å². The summed E-state index contributed by atoms with van der Waals surface area (Å²) in [5, 5.41) is 0. The van der Waals surface area contributed by atoms with E-state index in [0.29, 0.717) is 45.4 Å². The fourth-order valence-electron chi connectivity index (χ4n) is 6.72. The lowest BCUT2D eigenvalue weighted by atomic mass is 9.98. The van der Waals surface area contributed by atoms with Crippen LogP contribution in [-0.2, 0) is 39.6 Å². The largest absolute Gasteiger partial charge is 0.489 e. The van der Waals surface area contributed by atoms with Crippen molar-refractivity contribution in [3.05, 3.63) is 65.9 Å². The average Bonchev–Trinajstić information content (AvgIpc) is 3.83. The first-order valence-corrected chi connectivity index (χ1v) is 23.8. The van der Waals surface area contributed by atoms with Crippen molar-refractivity contribution in [3.63, 3.8) is 0 Å². The number of benzene rings is 2. The highest BCUT2D eigenvalue weighted by molar-refractivity contribution is 6.76. The third-order valence-electron chi connectivity index (χ3n) is 9.74. The second-order valence-electron chi connectivity index (χ2n) is 18.4. The van der Waals surface area contributed by atoms with E-state index in [1.807, 2.05) is 82.8 Å². The van der Waals surface area contributed by atoms with Crippen molar-refractivity contribution >= 4 is 31.3 Å². The van der Waals surface area contributed by atoms with Gasteiger partial charge in [-0.3, -0.25) is 4.90 Å². The number of amides is 2. The predicted molar refractivity (Wildman–Crippen MR) is 223 cm³/mol. The Bertz CT molecular complexity index is 1940. The highest BCUT2D eigenvalue weighted by Gasteiger charge is 2.46. The molecule has 0 radical (unpaired) electrons. The molecule has 0 spiro atoms. The maximum absolute atomic E-state index is 13.5. The molecule has 13 heteroatoms. The van der Waals surface area contributed by atoms with Crippen molar-refractivity contribution in [1.29, 1.82) is 0 Å². The molecule has 1 fully saturated rings. The number of hydrogen-bond donors (Lipinski definition) is 1. The van der Waals surface area contributed by atoms with E-state index in [-0.39, 0.29) is 12.2 Å². The molecule has 1 N–H and O–H groups in total. The van der Waals surface area contributed by atoms with E-state index in [4.69, 9.17) is 23.9 Å². The molecule has 2 aromatic carbocycles. The summed E-state index contributed by atoms with van der Waals surface area (Å²) < 4.78 is 26.2. The summed E-state index contributed by atoms with van der Waals surface area (Å²) in [6.45, 7) is 25.5. The Labute approximate surface area is 334 Å². The van der Waals surface area contributed by atoms with Crippen LogP contribution in [0, 0.1) is 0 Å².